The van der Waals surface area contributed by atoms with E-state index in [-0.39, 0.29) is 32.8 Å². The van der Waals surface area contributed by atoms with Crippen molar-refractivity contribution in [2.75, 3.05) is 6.54 Å². The fourth-order valence-corrected chi connectivity index (χ4v) is 9.18. The van der Waals surface area contributed by atoms with Gasteiger partial charge in [0.1, 0.15) is 14.5 Å². The molecule has 1 unspecified atom stereocenters. The maximum Gasteiger partial charge on any atom is 0.251 e. The lowest BCUT2D eigenvalue weighted by molar-refractivity contribution is -0.137. The van der Waals surface area contributed by atoms with Crippen molar-refractivity contribution >= 4 is 37.0 Å². The van der Waals surface area contributed by atoms with Gasteiger partial charge in [-0.2, -0.15) is 4.72 Å². The highest BCUT2D eigenvalue weighted by Gasteiger charge is 2.43. The fraction of sp³-hybridized carbons (Fsp3) is 0.750. The van der Waals surface area contributed by atoms with E-state index in [2.05, 4.69) is 10.0 Å². The van der Waals surface area contributed by atoms with Gasteiger partial charge >= 0.3 is 0 Å². The van der Waals surface area contributed by atoms with Crippen LogP contribution in [0.15, 0.2) is 14.5 Å². The summed E-state index contributed by atoms with van der Waals surface area (Å²) in [6.07, 6.45) is -0.376. The molecule has 2 heterocycles. The van der Waals surface area contributed by atoms with Crippen molar-refractivity contribution in [3.05, 3.63) is 11.6 Å². The van der Waals surface area contributed by atoms with Crippen molar-refractivity contribution in [3.8, 4) is 0 Å². The van der Waals surface area contributed by atoms with Crippen LogP contribution < -0.4 is 10.0 Å². The number of rotatable bonds is 10. The zero-order valence-electron chi connectivity index (χ0n) is 19.2. The van der Waals surface area contributed by atoms with Gasteiger partial charge in [0.2, 0.25) is 0 Å². The third kappa shape index (κ3) is 5.39. The molecule has 0 radical (unpaired) electrons. The molecule has 0 bridgehead atoms. The molecule has 2 N–H and O–H groups in total. The maximum absolute atomic E-state index is 13.2. The van der Waals surface area contributed by atoms with Crippen LogP contribution in [-0.4, -0.2) is 52.2 Å². The van der Waals surface area contributed by atoms with E-state index in [1.54, 1.807) is 34.6 Å². The number of carbonyl (C=O) groups is 1. The molecule has 8 nitrogen and oxygen atoms in total. The van der Waals surface area contributed by atoms with E-state index in [1.807, 2.05) is 6.92 Å². The standard InChI is InChI=1S/C20H34N2O6S3/c1-8-20(7,18(23)14(6)28-12(3)4)22-31(26,27)17-11-15-16(21-9-2)10-13(5)30(24,25)19(15)29-17/h11-14,16,21-22H,8-10H2,1-7H3/t13-,14-,16-,20?/m0/s1. The first kappa shape index (κ1) is 26.4. The lowest BCUT2D eigenvalue weighted by Gasteiger charge is -2.30. The quantitative estimate of drug-likeness (QED) is 0.513. The fourth-order valence-electron chi connectivity index (χ4n) is 3.73. The van der Waals surface area contributed by atoms with Gasteiger partial charge in [0.15, 0.2) is 15.6 Å². The summed E-state index contributed by atoms with van der Waals surface area (Å²) >= 11 is 0.744. The van der Waals surface area contributed by atoms with Crippen LogP contribution >= 0.6 is 11.3 Å². The van der Waals surface area contributed by atoms with E-state index in [0.717, 1.165) is 11.3 Å². The number of Topliss-reactive ketones (excluding diaryl/α,β-unsaturated/α-hetero) is 1. The maximum atomic E-state index is 13.2. The number of hydrogen-bond donors (Lipinski definition) is 2. The van der Waals surface area contributed by atoms with Crippen molar-refractivity contribution in [1.82, 2.24) is 10.0 Å². The molecule has 0 amide bonds. The minimum Gasteiger partial charge on any atom is -0.368 e. The third-order valence-electron chi connectivity index (χ3n) is 5.60. The van der Waals surface area contributed by atoms with E-state index < -0.39 is 36.8 Å². The average Bonchev–Trinajstić information content (AvgIpc) is 3.12. The Labute approximate surface area is 190 Å². The Morgan fingerprint density at radius 3 is 2.45 bits per heavy atom. The molecule has 11 heteroatoms. The van der Waals surface area contributed by atoms with Crippen molar-refractivity contribution in [3.63, 3.8) is 0 Å². The third-order valence-corrected chi connectivity index (χ3v) is 11.6. The van der Waals surface area contributed by atoms with E-state index in [0.29, 0.717) is 18.5 Å². The summed E-state index contributed by atoms with van der Waals surface area (Å²) in [6, 6.07) is 1.19. The second kappa shape index (κ2) is 9.56. The minimum absolute atomic E-state index is 0.0820. The van der Waals surface area contributed by atoms with Gasteiger partial charge in [-0.15, -0.1) is 11.3 Å². The second-order valence-electron chi connectivity index (χ2n) is 8.49. The Kier molecular flexibility index (Phi) is 8.14. The van der Waals surface area contributed by atoms with Gasteiger partial charge in [-0.05, 0) is 60.1 Å². The van der Waals surface area contributed by atoms with Crippen molar-refractivity contribution < 1.29 is 26.4 Å². The molecule has 1 aromatic heterocycles. The van der Waals surface area contributed by atoms with Crippen LogP contribution in [0, 0.1) is 0 Å². The molecular weight excluding hydrogens is 460 g/mol. The van der Waals surface area contributed by atoms with Crippen LogP contribution in [0.1, 0.15) is 72.9 Å². The molecular formula is C20H34N2O6S3. The lowest BCUT2D eigenvalue weighted by Crippen LogP contribution is -2.55. The van der Waals surface area contributed by atoms with Gasteiger partial charge in [0.05, 0.1) is 16.9 Å². The van der Waals surface area contributed by atoms with Gasteiger partial charge in [-0.3, -0.25) is 4.79 Å². The Bertz CT molecular complexity index is 1020. The molecule has 0 spiro atoms. The van der Waals surface area contributed by atoms with Gasteiger partial charge in [0.25, 0.3) is 10.0 Å². The van der Waals surface area contributed by atoms with Gasteiger partial charge < -0.3 is 10.1 Å². The predicted molar refractivity (Wildman–Crippen MR) is 122 cm³/mol. The molecule has 0 saturated heterocycles. The number of nitrogens with one attached hydrogen (secondary N) is 2. The topological polar surface area (TPSA) is 119 Å². The summed E-state index contributed by atoms with van der Waals surface area (Å²) < 4.78 is 60.2. The van der Waals surface area contributed by atoms with Crippen LogP contribution in [0.4, 0.5) is 0 Å². The Morgan fingerprint density at radius 1 is 1.32 bits per heavy atom. The molecule has 0 fully saturated rings. The number of ether oxygens (including phenoxy) is 1. The van der Waals surface area contributed by atoms with Gasteiger partial charge in [-0.25, -0.2) is 16.8 Å². The Balaban J connectivity index is 2.44. The summed E-state index contributed by atoms with van der Waals surface area (Å²) in [6.45, 7) is 12.6. The number of carbonyl (C=O) groups excluding carboxylic acids is 1. The molecule has 0 aliphatic carbocycles. The molecule has 1 aromatic rings. The Morgan fingerprint density at radius 2 is 1.94 bits per heavy atom. The van der Waals surface area contributed by atoms with Crippen LogP contribution in [0.5, 0.6) is 0 Å². The molecule has 2 rings (SSSR count). The normalized spacial score (nSPS) is 23.9. The molecule has 1 aliphatic heterocycles. The summed E-state index contributed by atoms with van der Waals surface area (Å²) in [5.41, 5.74) is -0.906. The second-order valence-corrected chi connectivity index (χ2v) is 14.0. The van der Waals surface area contributed by atoms with Crippen LogP contribution in [-0.2, 0) is 29.4 Å². The highest BCUT2D eigenvalue weighted by atomic mass is 32.3. The van der Waals surface area contributed by atoms with Crippen molar-refractivity contribution in [2.45, 2.75) is 98.8 Å². The first-order chi connectivity index (χ1) is 14.2. The van der Waals surface area contributed by atoms with Crippen LogP contribution in [0.2, 0.25) is 0 Å². The number of sulfonamides is 1. The first-order valence-electron chi connectivity index (χ1n) is 10.5. The first-order valence-corrected chi connectivity index (χ1v) is 14.4. The molecule has 0 saturated carbocycles. The van der Waals surface area contributed by atoms with E-state index in [9.17, 15) is 21.6 Å². The lowest BCUT2D eigenvalue weighted by atomic mass is 9.91. The number of hydrogen-bond acceptors (Lipinski definition) is 8. The Hall–Kier alpha value is -0.850. The number of sulfone groups is 1. The smallest absolute Gasteiger partial charge is 0.251 e. The summed E-state index contributed by atoms with van der Waals surface area (Å²) in [5, 5.41) is 2.63. The number of ketones is 1. The minimum atomic E-state index is -4.14. The van der Waals surface area contributed by atoms with Crippen molar-refractivity contribution in [2.24, 2.45) is 0 Å². The van der Waals surface area contributed by atoms with E-state index in [1.165, 1.54) is 13.0 Å². The van der Waals surface area contributed by atoms with E-state index in [4.69, 9.17) is 4.74 Å². The predicted octanol–water partition coefficient (Wildman–Crippen LogP) is 2.79. The molecule has 31 heavy (non-hydrogen) atoms. The highest BCUT2D eigenvalue weighted by molar-refractivity contribution is 7.95. The van der Waals surface area contributed by atoms with Crippen LogP contribution in [0.25, 0.3) is 0 Å². The number of thiophene rings is 1. The van der Waals surface area contributed by atoms with E-state index >= 15 is 0 Å². The molecule has 178 valence electrons. The summed E-state index contributed by atoms with van der Waals surface area (Å²) in [7, 11) is -7.74. The zero-order valence-corrected chi connectivity index (χ0v) is 21.6. The SMILES string of the molecule is CCN[C@H]1C[C@H](C)S(=O)(=O)c2sc(S(=O)(=O)NC(C)(CC)C(=O)[C@H](C)OC(C)C)cc21. The highest BCUT2D eigenvalue weighted by Crippen LogP contribution is 2.43. The molecule has 4 atom stereocenters. The summed E-state index contributed by atoms with van der Waals surface area (Å²) in [5.74, 6) is -0.375. The molecule has 1 aliphatic rings. The van der Waals surface area contributed by atoms with Gasteiger partial charge in [-0.1, -0.05) is 13.8 Å². The van der Waals surface area contributed by atoms with Crippen LogP contribution in [0.3, 0.4) is 0 Å². The summed E-state index contributed by atoms with van der Waals surface area (Å²) in [4.78, 5) is 13.0. The zero-order chi connectivity index (χ0) is 23.8. The van der Waals surface area contributed by atoms with Gasteiger partial charge in [0, 0.05) is 11.6 Å². The molecule has 0 aromatic carbocycles. The van der Waals surface area contributed by atoms with Crippen molar-refractivity contribution in [1.29, 1.82) is 0 Å². The monoisotopic (exact) mass is 494 g/mol. The number of fused-ring (bicyclic) bond motifs is 1. The largest absolute Gasteiger partial charge is 0.368 e. The average molecular weight is 495 g/mol.